The first kappa shape index (κ1) is 11.4. The number of hydrogen-bond acceptors (Lipinski definition) is 2. The summed E-state index contributed by atoms with van der Waals surface area (Å²) >= 11 is 0. The van der Waals surface area contributed by atoms with Crippen LogP contribution in [0.4, 0.5) is 19.0 Å². The molecule has 0 bridgehead atoms. The Labute approximate surface area is 95.9 Å². The number of hydrogen-bond donors (Lipinski definition) is 1. The lowest BCUT2D eigenvalue weighted by molar-refractivity contribution is -0.137. The summed E-state index contributed by atoms with van der Waals surface area (Å²) in [6, 6.07) is 10.3. The monoisotopic (exact) mass is 238 g/mol. The van der Waals surface area contributed by atoms with E-state index < -0.39 is 11.7 Å². The van der Waals surface area contributed by atoms with Crippen LogP contribution in [0.1, 0.15) is 5.56 Å². The third-order valence-corrected chi connectivity index (χ3v) is 2.27. The molecule has 0 spiro atoms. The summed E-state index contributed by atoms with van der Waals surface area (Å²) in [6.07, 6.45) is -4.44. The quantitative estimate of drug-likeness (QED) is 0.827. The fourth-order valence-corrected chi connectivity index (χ4v) is 1.52. The first-order valence-corrected chi connectivity index (χ1v) is 4.87. The number of alkyl halides is 3. The van der Waals surface area contributed by atoms with Crippen LogP contribution in [0, 0.1) is 0 Å². The lowest BCUT2D eigenvalue weighted by Crippen LogP contribution is -2.09. The number of nitrogen functional groups attached to an aromatic ring is 1. The van der Waals surface area contributed by atoms with Crippen molar-refractivity contribution in [2.24, 2.45) is 0 Å². The van der Waals surface area contributed by atoms with Gasteiger partial charge in [-0.25, -0.2) is 4.98 Å². The molecule has 17 heavy (non-hydrogen) atoms. The van der Waals surface area contributed by atoms with Crippen molar-refractivity contribution in [1.29, 1.82) is 0 Å². The molecular weight excluding hydrogens is 229 g/mol. The maximum atomic E-state index is 12.8. The highest BCUT2D eigenvalue weighted by Gasteiger charge is 2.34. The van der Waals surface area contributed by atoms with Crippen LogP contribution in [0.25, 0.3) is 11.3 Å². The molecule has 0 amide bonds. The number of halogens is 3. The van der Waals surface area contributed by atoms with E-state index in [1.165, 1.54) is 0 Å². The van der Waals surface area contributed by atoms with Crippen molar-refractivity contribution >= 4 is 5.82 Å². The molecule has 0 radical (unpaired) electrons. The number of benzene rings is 1. The molecule has 5 heteroatoms. The standard InChI is InChI=1S/C12H9F3N2/c13-12(14,15)9-6-7-10(16)17-11(9)8-4-2-1-3-5-8/h1-7H,(H2,16,17). The highest BCUT2D eigenvalue weighted by atomic mass is 19.4. The van der Waals surface area contributed by atoms with Gasteiger partial charge in [0, 0.05) is 5.56 Å². The van der Waals surface area contributed by atoms with Gasteiger partial charge in [0.2, 0.25) is 0 Å². The maximum Gasteiger partial charge on any atom is 0.418 e. The van der Waals surface area contributed by atoms with Gasteiger partial charge >= 0.3 is 6.18 Å². The second-order valence-electron chi connectivity index (χ2n) is 3.50. The largest absolute Gasteiger partial charge is 0.418 e. The van der Waals surface area contributed by atoms with E-state index in [1.54, 1.807) is 30.3 Å². The van der Waals surface area contributed by atoms with E-state index in [0.29, 0.717) is 5.56 Å². The van der Waals surface area contributed by atoms with Crippen molar-refractivity contribution in [3.8, 4) is 11.3 Å². The maximum absolute atomic E-state index is 12.8. The molecule has 0 atom stereocenters. The zero-order valence-corrected chi connectivity index (χ0v) is 8.70. The Hall–Kier alpha value is -2.04. The number of anilines is 1. The van der Waals surface area contributed by atoms with Crippen LogP contribution in [-0.4, -0.2) is 4.98 Å². The Kier molecular flexibility index (Phi) is 2.75. The molecule has 2 N–H and O–H groups in total. The van der Waals surface area contributed by atoms with Gasteiger partial charge in [-0.3, -0.25) is 0 Å². The summed E-state index contributed by atoms with van der Waals surface area (Å²) in [7, 11) is 0. The lowest BCUT2D eigenvalue weighted by atomic mass is 10.1. The predicted molar refractivity (Wildman–Crippen MR) is 59.1 cm³/mol. The van der Waals surface area contributed by atoms with Crippen molar-refractivity contribution in [3.05, 3.63) is 48.0 Å². The van der Waals surface area contributed by atoms with E-state index >= 15 is 0 Å². The van der Waals surface area contributed by atoms with Crippen molar-refractivity contribution in [2.75, 3.05) is 5.73 Å². The van der Waals surface area contributed by atoms with E-state index in [-0.39, 0.29) is 11.5 Å². The fourth-order valence-electron chi connectivity index (χ4n) is 1.52. The Morgan fingerprint density at radius 1 is 0.941 bits per heavy atom. The molecule has 0 aliphatic rings. The van der Waals surface area contributed by atoms with Crippen LogP contribution in [0.15, 0.2) is 42.5 Å². The zero-order valence-electron chi connectivity index (χ0n) is 8.70. The Balaban J connectivity index is 2.64. The normalized spacial score (nSPS) is 11.5. The molecule has 1 heterocycles. The SMILES string of the molecule is Nc1ccc(C(F)(F)F)c(-c2ccccc2)n1. The number of aromatic nitrogens is 1. The second-order valence-corrected chi connectivity index (χ2v) is 3.50. The van der Waals surface area contributed by atoms with E-state index in [0.717, 1.165) is 12.1 Å². The van der Waals surface area contributed by atoms with Gasteiger partial charge in [0.25, 0.3) is 0 Å². The fraction of sp³-hybridized carbons (Fsp3) is 0.0833. The Morgan fingerprint density at radius 3 is 2.18 bits per heavy atom. The minimum absolute atomic E-state index is 0.0665. The first-order chi connectivity index (χ1) is 7.98. The average Bonchev–Trinajstić information content (AvgIpc) is 2.28. The summed E-state index contributed by atoms with van der Waals surface area (Å²) < 4.78 is 38.4. The van der Waals surface area contributed by atoms with Gasteiger partial charge < -0.3 is 5.73 Å². The highest BCUT2D eigenvalue weighted by molar-refractivity contribution is 5.65. The van der Waals surface area contributed by atoms with Crippen LogP contribution in [0.3, 0.4) is 0 Å². The van der Waals surface area contributed by atoms with Crippen molar-refractivity contribution in [1.82, 2.24) is 4.98 Å². The molecule has 0 saturated carbocycles. The van der Waals surface area contributed by atoms with Gasteiger partial charge in [0.1, 0.15) is 5.82 Å². The first-order valence-electron chi connectivity index (χ1n) is 4.87. The molecular formula is C12H9F3N2. The highest BCUT2D eigenvalue weighted by Crippen LogP contribution is 2.36. The second kappa shape index (κ2) is 4.08. The summed E-state index contributed by atoms with van der Waals surface area (Å²) in [5.41, 5.74) is 4.90. The van der Waals surface area contributed by atoms with Crippen LogP contribution in [-0.2, 0) is 6.18 Å². The summed E-state index contributed by atoms with van der Waals surface area (Å²) in [5, 5.41) is 0. The molecule has 1 aromatic carbocycles. The molecule has 2 aromatic rings. The van der Waals surface area contributed by atoms with Gasteiger partial charge in [-0.2, -0.15) is 13.2 Å². The number of nitrogens with two attached hydrogens (primary N) is 1. The van der Waals surface area contributed by atoms with Gasteiger partial charge in [-0.05, 0) is 12.1 Å². The minimum atomic E-state index is -4.44. The topological polar surface area (TPSA) is 38.9 Å². The van der Waals surface area contributed by atoms with E-state index in [9.17, 15) is 13.2 Å². The molecule has 88 valence electrons. The van der Waals surface area contributed by atoms with Crippen molar-refractivity contribution in [3.63, 3.8) is 0 Å². The minimum Gasteiger partial charge on any atom is -0.384 e. The van der Waals surface area contributed by atoms with E-state index in [2.05, 4.69) is 4.98 Å². The number of pyridine rings is 1. The molecule has 2 nitrogen and oxygen atoms in total. The summed E-state index contributed by atoms with van der Waals surface area (Å²) in [4.78, 5) is 3.77. The zero-order chi connectivity index (χ0) is 12.5. The van der Waals surface area contributed by atoms with E-state index in [1.807, 2.05) is 0 Å². The number of rotatable bonds is 1. The van der Waals surface area contributed by atoms with Crippen LogP contribution >= 0.6 is 0 Å². The van der Waals surface area contributed by atoms with Gasteiger partial charge in [0.05, 0.1) is 11.3 Å². The molecule has 0 aliphatic carbocycles. The molecule has 1 aromatic heterocycles. The average molecular weight is 238 g/mol. The molecule has 0 fully saturated rings. The third-order valence-electron chi connectivity index (χ3n) is 2.27. The third kappa shape index (κ3) is 2.38. The lowest BCUT2D eigenvalue weighted by Gasteiger charge is -2.12. The smallest absolute Gasteiger partial charge is 0.384 e. The van der Waals surface area contributed by atoms with Crippen LogP contribution in [0.5, 0.6) is 0 Å². The number of nitrogens with zero attached hydrogens (tertiary/aromatic N) is 1. The molecule has 2 rings (SSSR count). The van der Waals surface area contributed by atoms with E-state index in [4.69, 9.17) is 5.73 Å². The van der Waals surface area contributed by atoms with Crippen LogP contribution < -0.4 is 5.73 Å². The molecule has 0 saturated heterocycles. The Morgan fingerprint density at radius 2 is 1.59 bits per heavy atom. The van der Waals surface area contributed by atoms with Gasteiger partial charge in [-0.15, -0.1) is 0 Å². The summed E-state index contributed by atoms with van der Waals surface area (Å²) in [5.74, 6) is 0.0665. The van der Waals surface area contributed by atoms with Gasteiger partial charge in [0.15, 0.2) is 0 Å². The summed E-state index contributed by atoms with van der Waals surface area (Å²) in [6.45, 7) is 0. The van der Waals surface area contributed by atoms with Crippen LogP contribution in [0.2, 0.25) is 0 Å². The molecule has 0 unspecified atom stereocenters. The Bertz CT molecular complexity index is 521. The van der Waals surface area contributed by atoms with Crippen molar-refractivity contribution in [2.45, 2.75) is 6.18 Å². The predicted octanol–water partition coefficient (Wildman–Crippen LogP) is 3.35. The van der Waals surface area contributed by atoms with Crippen molar-refractivity contribution < 1.29 is 13.2 Å². The molecule has 0 aliphatic heterocycles. The van der Waals surface area contributed by atoms with Gasteiger partial charge in [-0.1, -0.05) is 30.3 Å².